The molecule has 1 N–H and O–H groups in total. The molecule has 9 heteroatoms. The quantitative estimate of drug-likeness (QED) is 0.636. The molecular weight excluding hydrogens is 466 g/mol. The Hall–Kier alpha value is -2.93. The van der Waals surface area contributed by atoms with Gasteiger partial charge >= 0.3 is 0 Å². The summed E-state index contributed by atoms with van der Waals surface area (Å²) in [5, 5.41) is 9.78. The van der Waals surface area contributed by atoms with Gasteiger partial charge in [-0.3, -0.25) is 9.78 Å². The van der Waals surface area contributed by atoms with Crippen molar-refractivity contribution in [1.82, 2.24) is 14.2 Å². The van der Waals surface area contributed by atoms with E-state index in [0.717, 1.165) is 18.4 Å². The number of amides is 1. The Balaban J connectivity index is 1.72. The predicted octanol–water partition coefficient (Wildman–Crippen LogP) is 2.12. The van der Waals surface area contributed by atoms with E-state index in [2.05, 4.69) is 16.8 Å². The number of pyridine rings is 1. The molecule has 0 bridgehead atoms. The van der Waals surface area contributed by atoms with Gasteiger partial charge in [0.1, 0.15) is 16.7 Å². The van der Waals surface area contributed by atoms with Crippen LogP contribution in [0.25, 0.3) is 0 Å². The van der Waals surface area contributed by atoms with Crippen molar-refractivity contribution < 1.29 is 23.1 Å². The van der Waals surface area contributed by atoms with Gasteiger partial charge in [-0.25, -0.2) is 8.42 Å². The van der Waals surface area contributed by atoms with Gasteiger partial charge in [-0.05, 0) is 50.1 Å². The van der Waals surface area contributed by atoms with Crippen molar-refractivity contribution >= 4 is 15.9 Å². The van der Waals surface area contributed by atoms with Crippen molar-refractivity contribution in [2.24, 2.45) is 11.8 Å². The van der Waals surface area contributed by atoms with Crippen LogP contribution in [-0.2, 0) is 14.8 Å². The minimum absolute atomic E-state index is 0.0281. The molecule has 2 aromatic rings. The Morgan fingerprint density at radius 2 is 1.91 bits per heavy atom. The molecule has 8 nitrogen and oxygen atoms in total. The van der Waals surface area contributed by atoms with E-state index >= 15 is 0 Å². The Kier molecular flexibility index (Phi) is 7.45. The molecule has 3 atom stereocenters. The average molecular weight is 498 g/mol. The largest absolute Gasteiger partial charge is 0.487 e. The summed E-state index contributed by atoms with van der Waals surface area (Å²) in [7, 11) is -2.17. The van der Waals surface area contributed by atoms with Crippen molar-refractivity contribution in [3.05, 3.63) is 53.9 Å². The second-order valence-corrected chi connectivity index (χ2v) is 11.2. The van der Waals surface area contributed by atoms with E-state index in [1.165, 1.54) is 10.4 Å². The number of aliphatic hydroxyl groups excluding tert-OH is 1. The summed E-state index contributed by atoms with van der Waals surface area (Å²) in [6, 6.07) is 7.77. The molecule has 1 saturated carbocycles. The highest BCUT2D eigenvalue weighted by Crippen LogP contribution is 2.35. The van der Waals surface area contributed by atoms with Gasteiger partial charge in [0.05, 0.1) is 13.2 Å². The van der Waals surface area contributed by atoms with E-state index in [1.54, 1.807) is 55.5 Å². The van der Waals surface area contributed by atoms with E-state index < -0.39 is 22.2 Å². The smallest absolute Gasteiger partial charge is 0.247 e. The van der Waals surface area contributed by atoms with E-state index in [9.17, 15) is 18.3 Å². The summed E-state index contributed by atoms with van der Waals surface area (Å²) in [4.78, 5) is 18.3. The first-order valence-corrected chi connectivity index (χ1v) is 13.2. The topological polar surface area (TPSA) is 100 Å². The maximum Gasteiger partial charge on any atom is 0.247 e. The Bertz CT molecular complexity index is 1230. The lowest BCUT2D eigenvalue weighted by atomic mass is 10.0. The molecule has 1 aliphatic heterocycles. The average Bonchev–Trinajstić information content (AvgIpc) is 3.70. The van der Waals surface area contributed by atoms with Gasteiger partial charge in [0, 0.05) is 55.0 Å². The number of aromatic nitrogens is 1. The molecule has 1 aliphatic carbocycles. The molecule has 0 unspecified atom stereocenters. The number of fused-ring (bicyclic) bond motifs is 1. The summed E-state index contributed by atoms with van der Waals surface area (Å²) in [5.74, 6) is 6.25. The molecule has 1 amide bonds. The van der Waals surface area contributed by atoms with Crippen molar-refractivity contribution in [1.29, 1.82) is 0 Å². The molecule has 4 rings (SSSR count). The number of sulfonamides is 1. The van der Waals surface area contributed by atoms with Gasteiger partial charge < -0.3 is 14.7 Å². The standard InChI is InChI=1S/C26H31N3O5S/c1-18-15-29(19(2)17-30)35(32,33)25-9-6-21(5-4-20-10-12-27-13-11-20)14-23(25)34-24(18)16-28(3)26(31)22-7-8-22/h6,9-14,18-19,22,24,30H,7-8,15-17H2,1-3H3/t18-,19-,24+/m0/s1. The predicted molar refractivity (Wildman–Crippen MR) is 131 cm³/mol. The maximum atomic E-state index is 13.6. The van der Waals surface area contributed by atoms with E-state index in [-0.39, 0.29) is 41.5 Å². The van der Waals surface area contributed by atoms with Crippen LogP contribution >= 0.6 is 0 Å². The first kappa shape index (κ1) is 25.2. The minimum atomic E-state index is -3.93. The van der Waals surface area contributed by atoms with Gasteiger partial charge in [0.2, 0.25) is 15.9 Å². The third-order valence-electron chi connectivity index (χ3n) is 6.46. The van der Waals surface area contributed by atoms with Gasteiger partial charge in [-0.15, -0.1) is 0 Å². The summed E-state index contributed by atoms with van der Waals surface area (Å²) in [6.45, 7) is 3.79. The number of aliphatic hydroxyl groups is 1. The second-order valence-electron chi connectivity index (χ2n) is 9.38. The van der Waals surface area contributed by atoms with Crippen LogP contribution in [-0.4, -0.2) is 72.5 Å². The Morgan fingerprint density at radius 3 is 2.57 bits per heavy atom. The summed E-state index contributed by atoms with van der Waals surface area (Å²) < 4.78 is 34.8. The maximum absolute atomic E-state index is 13.6. The fourth-order valence-electron chi connectivity index (χ4n) is 4.10. The molecule has 2 heterocycles. The first-order chi connectivity index (χ1) is 16.7. The van der Waals surface area contributed by atoms with Crippen molar-refractivity contribution in [3.8, 4) is 17.6 Å². The highest BCUT2D eigenvalue weighted by Gasteiger charge is 2.39. The molecule has 0 spiro atoms. The van der Waals surface area contributed by atoms with Gasteiger partial charge in [-0.2, -0.15) is 4.31 Å². The number of carbonyl (C=O) groups excluding carboxylic acids is 1. The van der Waals surface area contributed by atoms with Crippen LogP contribution < -0.4 is 4.74 Å². The third kappa shape index (κ3) is 5.67. The Labute approximate surface area is 207 Å². The monoisotopic (exact) mass is 497 g/mol. The van der Waals surface area contributed by atoms with Crippen molar-refractivity contribution in [2.75, 3.05) is 26.7 Å². The fraction of sp³-hybridized carbons (Fsp3) is 0.462. The summed E-state index contributed by atoms with van der Waals surface area (Å²) >= 11 is 0. The lowest BCUT2D eigenvalue weighted by molar-refractivity contribution is -0.132. The number of benzene rings is 1. The lowest BCUT2D eigenvalue weighted by Gasteiger charge is -2.37. The highest BCUT2D eigenvalue weighted by atomic mass is 32.2. The molecule has 1 fully saturated rings. The zero-order valence-corrected chi connectivity index (χ0v) is 21.0. The van der Waals surface area contributed by atoms with Gasteiger partial charge in [-0.1, -0.05) is 18.8 Å². The number of hydrogen-bond acceptors (Lipinski definition) is 6. The van der Waals surface area contributed by atoms with E-state index in [4.69, 9.17) is 4.74 Å². The number of ether oxygens (including phenoxy) is 1. The number of nitrogens with zero attached hydrogens (tertiary/aromatic N) is 3. The zero-order valence-electron chi connectivity index (χ0n) is 20.2. The number of rotatable bonds is 5. The lowest BCUT2D eigenvalue weighted by Crippen LogP contribution is -2.50. The summed E-state index contributed by atoms with van der Waals surface area (Å²) in [5.41, 5.74) is 1.39. The third-order valence-corrected chi connectivity index (χ3v) is 8.47. The molecule has 0 saturated heterocycles. The fourth-order valence-corrected chi connectivity index (χ4v) is 5.93. The van der Waals surface area contributed by atoms with E-state index in [0.29, 0.717) is 12.1 Å². The zero-order chi connectivity index (χ0) is 25.2. The van der Waals surface area contributed by atoms with Crippen LogP contribution in [0.1, 0.15) is 37.8 Å². The molecular formula is C26H31N3O5S. The molecule has 186 valence electrons. The second kappa shape index (κ2) is 10.4. The molecule has 1 aromatic carbocycles. The number of hydrogen-bond donors (Lipinski definition) is 1. The first-order valence-electron chi connectivity index (χ1n) is 11.8. The van der Waals surface area contributed by atoms with Crippen LogP contribution in [0.2, 0.25) is 0 Å². The number of likely N-dealkylation sites (N-methyl/N-ethyl adjacent to an activating group) is 1. The minimum Gasteiger partial charge on any atom is -0.487 e. The summed E-state index contributed by atoms with van der Waals surface area (Å²) in [6.07, 6.45) is 4.69. The van der Waals surface area contributed by atoms with Gasteiger partial charge in [0.25, 0.3) is 0 Å². The highest BCUT2D eigenvalue weighted by molar-refractivity contribution is 7.89. The van der Waals surface area contributed by atoms with Crippen molar-refractivity contribution in [3.63, 3.8) is 0 Å². The number of carbonyl (C=O) groups is 1. The van der Waals surface area contributed by atoms with Crippen molar-refractivity contribution in [2.45, 2.75) is 43.7 Å². The molecule has 0 radical (unpaired) electrons. The van der Waals surface area contributed by atoms with Crippen LogP contribution in [0.5, 0.6) is 5.75 Å². The van der Waals surface area contributed by atoms with Crippen LogP contribution in [0, 0.1) is 23.7 Å². The van der Waals surface area contributed by atoms with E-state index in [1.807, 2.05) is 6.92 Å². The molecule has 35 heavy (non-hydrogen) atoms. The molecule has 1 aromatic heterocycles. The molecule has 2 aliphatic rings. The van der Waals surface area contributed by atoms with Crippen LogP contribution in [0.15, 0.2) is 47.6 Å². The van der Waals surface area contributed by atoms with Crippen LogP contribution in [0.4, 0.5) is 0 Å². The van der Waals surface area contributed by atoms with Gasteiger partial charge in [0.15, 0.2) is 0 Å². The SMILES string of the molecule is C[C@H]1CN([C@@H](C)CO)S(=O)(=O)c2ccc(C#Cc3ccncc3)cc2O[C@@H]1CN(C)C(=O)C1CC1. The van der Waals surface area contributed by atoms with Crippen LogP contribution in [0.3, 0.4) is 0 Å². The normalized spacial score (nSPS) is 22.4. The Morgan fingerprint density at radius 1 is 1.23 bits per heavy atom.